The molecular weight excluding hydrogens is 294 g/mol. The Hall–Kier alpha value is -0.580. The Morgan fingerprint density at radius 1 is 1.33 bits per heavy atom. The second-order valence-electron chi connectivity index (χ2n) is 4.35. The predicted octanol–water partition coefficient (Wildman–Crippen LogP) is 3.53. The first-order valence-corrected chi connectivity index (χ1v) is 7.06. The van der Waals surface area contributed by atoms with E-state index in [1.54, 1.807) is 7.11 Å². The number of ether oxygens (including phenoxy) is 2. The van der Waals surface area contributed by atoms with Gasteiger partial charge in [-0.25, -0.2) is 0 Å². The molecule has 1 N–H and O–H groups in total. The van der Waals surface area contributed by atoms with Gasteiger partial charge in [-0.1, -0.05) is 13.0 Å². The SMILES string of the molecule is CCNC(C)c1ccc(OC(C)COC)c(Br)c1. The van der Waals surface area contributed by atoms with Crippen LogP contribution >= 0.6 is 15.9 Å². The highest BCUT2D eigenvalue weighted by atomic mass is 79.9. The molecule has 2 atom stereocenters. The fourth-order valence-electron chi connectivity index (χ4n) is 1.79. The summed E-state index contributed by atoms with van der Waals surface area (Å²) >= 11 is 3.55. The number of hydrogen-bond donors (Lipinski definition) is 1. The van der Waals surface area contributed by atoms with Gasteiger partial charge in [-0.2, -0.15) is 0 Å². The van der Waals surface area contributed by atoms with Gasteiger partial charge in [-0.05, 0) is 54.0 Å². The number of hydrogen-bond acceptors (Lipinski definition) is 3. The molecule has 0 aliphatic carbocycles. The number of rotatable bonds is 7. The topological polar surface area (TPSA) is 30.5 Å². The highest BCUT2D eigenvalue weighted by Crippen LogP contribution is 2.29. The number of halogens is 1. The van der Waals surface area contributed by atoms with Crippen LogP contribution in [0.3, 0.4) is 0 Å². The van der Waals surface area contributed by atoms with Crippen LogP contribution in [-0.4, -0.2) is 26.4 Å². The molecule has 4 heteroatoms. The zero-order chi connectivity index (χ0) is 13.5. The minimum Gasteiger partial charge on any atom is -0.487 e. The van der Waals surface area contributed by atoms with Gasteiger partial charge in [0.2, 0.25) is 0 Å². The van der Waals surface area contributed by atoms with E-state index in [1.807, 2.05) is 13.0 Å². The zero-order valence-corrected chi connectivity index (χ0v) is 13.1. The van der Waals surface area contributed by atoms with Crippen molar-refractivity contribution in [3.8, 4) is 5.75 Å². The summed E-state index contributed by atoms with van der Waals surface area (Å²) < 4.78 is 11.8. The lowest BCUT2D eigenvalue weighted by molar-refractivity contribution is 0.0915. The van der Waals surface area contributed by atoms with E-state index in [1.165, 1.54) is 5.56 Å². The molecule has 1 rings (SSSR count). The molecule has 0 radical (unpaired) electrons. The van der Waals surface area contributed by atoms with Gasteiger partial charge in [0.1, 0.15) is 11.9 Å². The monoisotopic (exact) mass is 315 g/mol. The molecule has 3 nitrogen and oxygen atoms in total. The molecule has 2 unspecified atom stereocenters. The molecule has 0 saturated heterocycles. The second-order valence-corrected chi connectivity index (χ2v) is 5.21. The first kappa shape index (κ1) is 15.5. The van der Waals surface area contributed by atoms with Crippen molar-refractivity contribution in [2.75, 3.05) is 20.3 Å². The number of nitrogens with one attached hydrogen (secondary N) is 1. The van der Waals surface area contributed by atoms with E-state index in [9.17, 15) is 0 Å². The fraction of sp³-hybridized carbons (Fsp3) is 0.571. The van der Waals surface area contributed by atoms with Crippen LogP contribution in [0.1, 0.15) is 32.4 Å². The first-order chi connectivity index (χ1) is 8.58. The Morgan fingerprint density at radius 2 is 2.06 bits per heavy atom. The first-order valence-electron chi connectivity index (χ1n) is 6.26. The van der Waals surface area contributed by atoms with Gasteiger partial charge in [-0.15, -0.1) is 0 Å². The zero-order valence-electron chi connectivity index (χ0n) is 11.5. The van der Waals surface area contributed by atoms with Gasteiger partial charge in [-0.3, -0.25) is 0 Å². The minimum absolute atomic E-state index is 0.0448. The normalized spacial score (nSPS) is 14.3. The maximum absolute atomic E-state index is 5.79. The van der Waals surface area contributed by atoms with Gasteiger partial charge >= 0.3 is 0 Å². The second kappa shape index (κ2) is 7.77. The van der Waals surface area contributed by atoms with E-state index < -0.39 is 0 Å². The third-order valence-corrected chi connectivity index (χ3v) is 3.32. The van der Waals surface area contributed by atoms with E-state index in [4.69, 9.17) is 9.47 Å². The Bertz CT molecular complexity index is 371. The molecule has 0 saturated carbocycles. The van der Waals surface area contributed by atoms with Crippen molar-refractivity contribution < 1.29 is 9.47 Å². The Labute approximate surface area is 118 Å². The molecule has 0 amide bonds. The average molecular weight is 316 g/mol. The fourth-order valence-corrected chi connectivity index (χ4v) is 2.28. The summed E-state index contributed by atoms with van der Waals surface area (Å²) in [5, 5.41) is 3.39. The third kappa shape index (κ3) is 4.59. The van der Waals surface area contributed by atoms with Crippen LogP contribution in [0.15, 0.2) is 22.7 Å². The summed E-state index contributed by atoms with van der Waals surface area (Å²) in [6.07, 6.45) is 0.0448. The maximum Gasteiger partial charge on any atom is 0.134 e. The van der Waals surface area contributed by atoms with Crippen LogP contribution in [-0.2, 0) is 4.74 Å². The van der Waals surface area contributed by atoms with E-state index >= 15 is 0 Å². The van der Waals surface area contributed by atoms with Crippen molar-refractivity contribution in [3.63, 3.8) is 0 Å². The van der Waals surface area contributed by atoms with Gasteiger partial charge < -0.3 is 14.8 Å². The Balaban J connectivity index is 2.73. The van der Waals surface area contributed by atoms with E-state index in [0.29, 0.717) is 12.6 Å². The van der Waals surface area contributed by atoms with Crippen molar-refractivity contribution >= 4 is 15.9 Å². The molecular formula is C14H22BrNO2. The van der Waals surface area contributed by atoms with Crippen LogP contribution in [0.25, 0.3) is 0 Å². The van der Waals surface area contributed by atoms with Crippen LogP contribution in [0.4, 0.5) is 0 Å². The molecule has 0 aliphatic rings. The van der Waals surface area contributed by atoms with Crippen LogP contribution in [0.2, 0.25) is 0 Å². The van der Waals surface area contributed by atoms with Crippen molar-refractivity contribution in [2.24, 2.45) is 0 Å². The van der Waals surface area contributed by atoms with E-state index in [2.05, 4.69) is 47.2 Å². The van der Waals surface area contributed by atoms with Gasteiger partial charge in [0.15, 0.2) is 0 Å². The number of methoxy groups -OCH3 is 1. The standard InChI is InChI=1S/C14H22BrNO2/c1-5-16-11(3)12-6-7-14(13(15)8-12)18-10(2)9-17-4/h6-8,10-11,16H,5,9H2,1-4H3. The van der Waals surface area contributed by atoms with Crippen molar-refractivity contribution in [2.45, 2.75) is 32.9 Å². The Morgan fingerprint density at radius 3 is 2.61 bits per heavy atom. The lowest BCUT2D eigenvalue weighted by Gasteiger charge is -2.17. The van der Waals surface area contributed by atoms with Crippen LogP contribution in [0, 0.1) is 0 Å². The summed E-state index contributed by atoms with van der Waals surface area (Å²) in [4.78, 5) is 0. The molecule has 0 bridgehead atoms. The highest BCUT2D eigenvalue weighted by Gasteiger charge is 2.10. The van der Waals surface area contributed by atoms with Crippen molar-refractivity contribution in [1.29, 1.82) is 0 Å². The van der Waals surface area contributed by atoms with Crippen molar-refractivity contribution in [3.05, 3.63) is 28.2 Å². The van der Waals surface area contributed by atoms with E-state index in [0.717, 1.165) is 16.8 Å². The summed E-state index contributed by atoms with van der Waals surface area (Å²) in [6, 6.07) is 6.53. The molecule has 1 aromatic carbocycles. The summed E-state index contributed by atoms with van der Waals surface area (Å²) in [7, 11) is 1.68. The lowest BCUT2D eigenvalue weighted by atomic mass is 10.1. The third-order valence-electron chi connectivity index (χ3n) is 2.70. The summed E-state index contributed by atoms with van der Waals surface area (Å²) in [6.45, 7) is 7.80. The maximum atomic E-state index is 5.79. The van der Waals surface area contributed by atoms with Crippen LogP contribution in [0.5, 0.6) is 5.75 Å². The minimum atomic E-state index is 0.0448. The largest absolute Gasteiger partial charge is 0.487 e. The number of benzene rings is 1. The quantitative estimate of drug-likeness (QED) is 0.835. The summed E-state index contributed by atoms with van der Waals surface area (Å²) in [5.41, 5.74) is 1.25. The van der Waals surface area contributed by atoms with Gasteiger partial charge in [0.05, 0.1) is 11.1 Å². The molecule has 18 heavy (non-hydrogen) atoms. The summed E-state index contributed by atoms with van der Waals surface area (Å²) in [5.74, 6) is 0.854. The highest BCUT2D eigenvalue weighted by molar-refractivity contribution is 9.10. The smallest absolute Gasteiger partial charge is 0.134 e. The molecule has 0 fully saturated rings. The van der Waals surface area contributed by atoms with Gasteiger partial charge in [0, 0.05) is 13.2 Å². The lowest BCUT2D eigenvalue weighted by Crippen LogP contribution is -2.19. The van der Waals surface area contributed by atoms with Crippen molar-refractivity contribution in [1.82, 2.24) is 5.32 Å². The molecule has 102 valence electrons. The molecule has 0 aliphatic heterocycles. The van der Waals surface area contributed by atoms with E-state index in [-0.39, 0.29) is 6.10 Å². The molecule has 1 aromatic rings. The molecule has 0 spiro atoms. The predicted molar refractivity (Wildman–Crippen MR) is 78.2 cm³/mol. The average Bonchev–Trinajstić information content (AvgIpc) is 2.32. The molecule has 0 aromatic heterocycles. The molecule has 0 heterocycles. The van der Waals surface area contributed by atoms with Gasteiger partial charge in [0.25, 0.3) is 0 Å². The van der Waals surface area contributed by atoms with Crippen LogP contribution < -0.4 is 10.1 Å². The Kier molecular flexibility index (Phi) is 6.68.